The Labute approximate surface area is 204 Å². The predicted octanol–water partition coefficient (Wildman–Crippen LogP) is 6.50. The van der Waals surface area contributed by atoms with Crippen molar-refractivity contribution in [2.24, 2.45) is 0 Å². The number of rotatable bonds is 7. The van der Waals surface area contributed by atoms with Crippen molar-refractivity contribution in [2.45, 2.75) is 59.2 Å². The molecule has 0 saturated heterocycles. The standard InChI is InChI=1S/C27H28N4O4/c1-16(2)33-22-12-10-17(14-21(22)28-6)26-30-25(31-35-26)20-9-7-8-19-18(15-29-24(19)20)11-13-23(32)34-27(3,4)5/h7-10,12,14-16,29H,11,13H2,1-5H3. The Kier molecular flexibility index (Phi) is 6.61. The highest BCUT2D eigenvalue weighted by atomic mass is 16.6. The van der Waals surface area contributed by atoms with Gasteiger partial charge in [0.15, 0.2) is 0 Å². The van der Waals surface area contributed by atoms with Gasteiger partial charge in [0, 0.05) is 29.1 Å². The summed E-state index contributed by atoms with van der Waals surface area (Å²) in [5.74, 6) is 1.04. The minimum atomic E-state index is -0.502. The number of fused-ring (bicyclic) bond motifs is 1. The summed E-state index contributed by atoms with van der Waals surface area (Å²) in [6, 6.07) is 11.1. The Morgan fingerprint density at radius 1 is 1.23 bits per heavy atom. The quantitative estimate of drug-likeness (QED) is 0.244. The minimum absolute atomic E-state index is 0.0355. The number of carbonyl (C=O) groups is 1. The summed E-state index contributed by atoms with van der Waals surface area (Å²) in [6.07, 6.45) is 2.71. The van der Waals surface area contributed by atoms with E-state index in [9.17, 15) is 4.79 Å². The molecule has 0 unspecified atom stereocenters. The van der Waals surface area contributed by atoms with E-state index < -0.39 is 5.60 Å². The Bertz CT molecular complexity index is 1400. The smallest absolute Gasteiger partial charge is 0.306 e. The van der Waals surface area contributed by atoms with Crippen LogP contribution in [0.15, 0.2) is 47.1 Å². The second-order valence-electron chi connectivity index (χ2n) is 9.51. The van der Waals surface area contributed by atoms with E-state index in [1.807, 2.05) is 59.0 Å². The molecule has 0 saturated carbocycles. The van der Waals surface area contributed by atoms with Crippen molar-refractivity contribution >= 4 is 22.6 Å². The number of para-hydroxylation sites is 1. The monoisotopic (exact) mass is 472 g/mol. The maximum atomic E-state index is 12.1. The highest BCUT2D eigenvalue weighted by molar-refractivity contribution is 5.95. The van der Waals surface area contributed by atoms with Crippen LogP contribution >= 0.6 is 0 Å². The third kappa shape index (κ3) is 5.52. The summed E-state index contributed by atoms with van der Waals surface area (Å²) >= 11 is 0. The van der Waals surface area contributed by atoms with E-state index in [2.05, 4.69) is 20.0 Å². The normalized spacial score (nSPS) is 11.6. The summed E-state index contributed by atoms with van der Waals surface area (Å²) in [5, 5.41) is 5.16. The number of nitrogens with one attached hydrogen (secondary N) is 1. The summed E-state index contributed by atoms with van der Waals surface area (Å²) in [5.41, 5.74) is 3.18. The van der Waals surface area contributed by atoms with Gasteiger partial charge in [-0.2, -0.15) is 4.98 Å². The van der Waals surface area contributed by atoms with Crippen molar-refractivity contribution in [1.82, 2.24) is 15.1 Å². The molecule has 2 aromatic carbocycles. The fraction of sp³-hybridized carbons (Fsp3) is 0.333. The van der Waals surface area contributed by atoms with Crippen molar-refractivity contribution in [1.29, 1.82) is 0 Å². The number of H-pyrrole nitrogens is 1. The Morgan fingerprint density at radius 2 is 2.03 bits per heavy atom. The number of ether oxygens (including phenoxy) is 2. The van der Waals surface area contributed by atoms with Crippen LogP contribution in [0, 0.1) is 6.57 Å². The first kappa shape index (κ1) is 24.0. The predicted molar refractivity (Wildman–Crippen MR) is 133 cm³/mol. The van der Waals surface area contributed by atoms with Gasteiger partial charge in [0.1, 0.15) is 11.4 Å². The van der Waals surface area contributed by atoms with Crippen LogP contribution in [0.25, 0.3) is 38.6 Å². The molecule has 0 aliphatic heterocycles. The number of hydrogen-bond acceptors (Lipinski definition) is 6. The molecule has 0 aliphatic rings. The number of aromatic amines is 1. The summed E-state index contributed by atoms with van der Waals surface area (Å²) in [4.78, 5) is 23.6. The lowest BCUT2D eigenvalue weighted by Gasteiger charge is -2.19. The van der Waals surface area contributed by atoms with Crippen LogP contribution in [0.1, 0.15) is 46.6 Å². The van der Waals surface area contributed by atoms with Gasteiger partial charge in [0.2, 0.25) is 11.5 Å². The molecule has 0 fully saturated rings. The average molecular weight is 473 g/mol. The first-order valence-electron chi connectivity index (χ1n) is 11.5. The molecule has 0 spiro atoms. The van der Waals surface area contributed by atoms with Crippen LogP contribution in [0.2, 0.25) is 0 Å². The van der Waals surface area contributed by atoms with Crippen molar-refractivity contribution in [3.63, 3.8) is 0 Å². The molecule has 0 aliphatic carbocycles. The van der Waals surface area contributed by atoms with E-state index in [0.29, 0.717) is 41.6 Å². The maximum Gasteiger partial charge on any atom is 0.306 e. The van der Waals surface area contributed by atoms with E-state index in [1.165, 1.54) is 0 Å². The first-order chi connectivity index (χ1) is 16.6. The van der Waals surface area contributed by atoms with Crippen LogP contribution in [-0.4, -0.2) is 32.8 Å². The van der Waals surface area contributed by atoms with E-state index in [4.69, 9.17) is 20.6 Å². The molecular weight excluding hydrogens is 444 g/mol. The highest BCUT2D eigenvalue weighted by Crippen LogP contribution is 2.35. The van der Waals surface area contributed by atoms with Crippen molar-refractivity contribution < 1.29 is 18.8 Å². The highest BCUT2D eigenvalue weighted by Gasteiger charge is 2.19. The van der Waals surface area contributed by atoms with Gasteiger partial charge < -0.3 is 19.0 Å². The van der Waals surface area contributed by atoms with E-state index in [1.54, 1.807) is 18.2 Å². The summed E-state index contributed by atoms with van der Waals surface area (Å²) < 4.78 is 16.6. The fourth-order valence-corrected chi connectivity index (χ4v) is 3.78. The molecule has 0 radical (unpaired) electrons. The number of benzene rings is 2. The van der Waals surface area contributed by atoms with Crippen molar-refractivity contribution in [2.75, 3.05) is 0 Å². The second-order valence-corrected chi connectivity index (χ2v) is 9.51. The van der Waals surface area contributed by atoms with E-state index >= 15 is 0 Å². The zero-order chi connectivity index (χ0) is 25.2. The van der Waals surface area contributed by atoms with Gasteiger partial charge in [-0.3, -0.25) is 4.79 Å². The molecule has 2 heterocycles. The second kappa shape index (κ2) is 9.63. The fourth-order valence-electron chi connectivity index (χ4n) is 3.78. The third-order valence-electron chi connectivity index (χ3n) is 5.18. The lowest BCUT2D eigenvalue weighted by atomic mass is 10.1. The molecule has 0 bridgehead atoms. The van der Waals surface area contributed by atoms with Gasteiger partial charge >= 0.3 is 5.97 Å². The van der Waals surface area contributed by atoms with Crippen LogP contribution < -0.4 is 4.74 Å². The zero-order valence-corrected chi connectivity index (χ0v) is 20.5. The number of esters is 1. The van der Waals surface area contributed by atoms with Crippen LogP contribution in [0.5, 0.6) is 5.75 Å². The zero-order valence-electron chi connectivity index (χ0n) is 20.5. The van der Waals surface area contributed by atoms with Crippen LogP contribution in [0.3, 0.4) is 0 Å². The van der Waals surface area contributed by atoms with Gasteiger partial charge in [-0.1, -0.05) is 17.3 Å². The van der Waals surface area contributed by atoms with Crippen molar-refractivity contribution in [3.05, 3.63) is 59.6 Å². The Morgan fingerprint density at radius 3 is 2.74 bits per heavy atom. The van der Waals surface area contributed by atoms with Gasteiger partial charge in [0.05, 0.1) is 18.2 Å². The molecule has 8 heteroatoms. The van der Waals surface area contributed by atoms with Gasteiger partial charge in [-0.25, -0.2) is 4.85 Å². The molecular formula is C27H28N4O4. The van der Waals surface area contributed by atoms with Crippen LogP contribution in [-0.2, 0) is 16.0 Å². The molecule has 2 aromatic heterocycles. The summed E-state index contributed by atoms with van der Waals surface area (Å²) in [6.45, 7) is 16.9. The van der Waals surface area contributed by atoms with Gasteiger partial charge in [0.25, 0.3) is 5.89 Å². The third-order valence-corrected chi connectivity index (χ3v) is 5.18. The Hall–Kier alpha value is -4.12. The largest absolute Gasteiger partial charge is 0.502 e. The summed E-state index contributed by atoms with van der Waals surface area (Å²) in [7, 11) is 0. The molecule has 0 atom stereocenters. The number of nitrogens with zero attached hydrogens (tertiary/aromatic N) is 3. The van der Waals surface area contributed by atoms with Gasteiger partial charge in [-0.15, -0.1) is 0 Å². The van der Waals surface area contributed by atoms with E-state index in [-0.39, 0.29) is 12.1 Å². The number of hydrogen-bond donors (Lipinski definition) is 1. The van der Waals surface area contributed by atoms with Crippen molar-refractivity contribution in [3.8, 4) is 28.6 Å². The molecule has 35 heavy (non-hydrogen) atoms. The lowest BCUT2D eigenvalue weighted by Crippen LogP contribution is -2.23. The minimum Gasteiger partial charge on any atom is -0.502 e. The topological polar surface area (TPSA) is 94.6 Å². The molecule has 4 aromatic rings. The van der Waals surface area contributed by atoms with Gasteiger partial charge in [-0.05, 0) is 70.9 Å². The molecule has 0 amide bonds. The lowest BCUT2D eigenvalue weighted by molar-refractivity contribution is -0.154. The number of aryl methyl sites for hydroxylation is 1. The van der Waals surface area contributed by atoms with Crippen LogP contribution in [0.4, 0.5) is 5.69 Å². The number of carbonyl (C=O) groups excluding carboxylic acids is 1. The molecule has 8 nitrogen and oxygen atoms in total. The molecule has 4 rings (SSSR count). The molecule has 180 valence electrons. The maximum absolute atomic E-state index is 12.1. The SMILES string of the molecule is [C-]#[N+]c1cc(-c2nc(-c3cccc4c(CCC(=O)OC(C)(C)C)c[nH]c34)no2)ccc1OC(C)C. The number of aromatic nitrogens is 3. The first-order valence-corrected chi connectivity index (χ1v) is 11.5. The Balaban J connectivity index is 1.58. The molecule has 1 N–H and O–H groups in total. The van der Waals surface area contributed by atoms with E-state index in [0.717, 1.165) is 22.0 Å². The average Bonchev–Trinajstić information content (AvgIpc) is 3.44.